The van der Waals surface area contributed by atoms with Gasteiger partial charge in [0.15, 0.2) is 0 Å². The molecule has 1 heterocycles. The van der Waals surface area contributed by atoms with Crippen molar-refractivity contribution in [3.63, 3.8) is 0 Å². The Labute approximate surface area is 94.9 Å². The van der Waals surface area contributed by atoms with Gasteiger partial charge >= 0.3 is 5.97 Å². The number of pyridine rings is 1. The second kappa shape index (κ2) is 3.62. The normalized spacial score (nSPS) is 10.5. The molecule has 0 unspecified atom stereocenters. The molecule has 0 saturated heterocycles. The lowest BCUT2D eigenvalue weighted by Crippen LogP contribution is -2.00. The topological polar surface area (TPSA) is 50.2 Å². The van der Waals surface area contributed by atoms with E-state index in [9.17, 15) is 4.79 Å². The zero-order valence-electron chi connectivity index (χ0n) is 7.99. The second-order valence-electron chi connectivity index (χ2n) is 3.27. The minimum absolute atomic E-state index is 0.0590. The molecular formula is C11H8BrNO2. The monoisotopic (exact) mass is 265 g/mol. The van der Waals surface area contributed by atoms with Crippen molar-refractivity contribution in [3.05, 3.63) is 40.1 Å². The van der Waals surface area contributed by atoms with Crippen molar-refractivity contribution in [1.29, 1.82) is 0 Å². The number of carboxylic acids is 1. The van der Waals surface area contributed by atoms with E-state index in [2.05, 4.69) is 20.9 Å². The molecule has 15 heavy (non-hydrogen) atoms. The van der Waals surface area contributed by atoms with Crippen molar-refractivity contribution in [3.8, 4) is 0 Å². The van der Waals surface area contributed by atoms with Crippen LogP contribution in [-0.4, -0.2) is 16.1 Å². The number of nitrogens with zero attached hydrogens (tertiary/aromatic N) is 1. The molecule has 0 bridgehead atoms. The van der Waals surface area contributed by atoms with Crippen LogP contribution in [0.15, 0.2) is 28.9 Å². The Bertz CT molecular complexity index is 552. The van der Waals surface area contributed by atoms with E-state index in [-0.39, 0.29) is 5.69 Å². The predicted octanol–water partition coefficient (Wildman–Crippen LogP) is 3.00. The molecule has 1 aromatic heterocycles. The average molecular weight is 266 g/mol. The third kappa shape index (κ3) is 1.72. The van der Waals surface area contributed by atoms with E-state index in [4.69, 9.17) is 5.11 Å². The molecule has 1 aromatic carbocycles. The average Bonchev–Trinajstić information content (AvgIpc) is 2.19. The Morgan fingerprint density at radius 2 is 2.13 bits per heavy atom. The van der Waals surface area contributed by atoms with Gasteiger partial charge in [0, 0.05) is 5.39 Å². The number of fused-ring (bicyclic) bond motifs is 1. The zero-order valence-corrected chi connectivity index (χ0v) is 9.58. The number of carboxylic acid groups (broad SMARTS) is 1. The van der Waals surface area contributed by atoms with Crippen molar-refractivity contribution in [2.75, 3.05) is 0 Å². The first-order chi connectivity index (χ1) is 7.09. The minimum atomic E-state index is -1.01. The first-order valence-electron chi connectivity index (χ1n) is 4.39. The smallest absolute Gasteiger partial charge is 0.354 e. The molecule has 3 nitrogen and oxygen atoms in total. The molecule has 1 N–H and O–H groups in total. The Morgan fingerprint density at radius 3 is 2.80 bits per heavy atom. The molecular weight excluding hydrogens is 258 g/mol. The summed E-state index contributed by atoms with van der Waals surface area (Å²) in [6.45, 7) is 1.94. The van der Waals surface area contributed by atoms with Crippen molar-refractivity contribution in [1.82, 2.24) is 4.98 Å². The fraction of sp³-hybridized carbons (Fsp3) is 0.0909. The number of benzene rings is 1. The van der Waals surface area contributed by atoms with Crippen molar-refractivity contribution >= 4 is 32.7 Å². The van der Waals surface area contributed by atoms with Gasteiger partial charge in [-0.2, -0.15) is 0 Å². The summed E-state index contributed by atoms with van der Waals surface area (Å²) >= 11 is 3.28. The van der Waals surface area contributed by atoms with Crippen LogP contribution in [0.4, 0.5) is 0 Å². The third-order valence-corrected chi connectivity index (χ3v) is 2.87. The maximum Gasteiger partial charge on any atom is 0.354 e. The van der Waals surface area contributed by atoms with Gasteiger partial charge in [0.25, 0.3) is 0 Å². The molecule has 0 spiro atoms. The largest absolute Gasteiger partial charge is 0.477 e. The number of hydrogen-bond acceptors (Lipinski definition) is 2. The van der Waals surface area contributed by atoms with Crippen LogP contribution >= 0.6 is 15.9 Å². The highest BCUT2D eigenvalue weighted by Crippen LogP contribution is 2.25. The number of aryl methyl sites for hydroxylation is 1. The highest BCUT2D eigenvalue weighted by Gasteiger charge is 2.10. The number of rotatable bonds is 1. The summed E-state index contributed by atoms with van der Waals surface area (Å²) in [5.74, 6) is -1.01. The van der Waals surface area contributed by atoms with Crippen molar-refractivity contribution in [2.24, 2.45) is 0 Å². The molecule has 0 radical (unpaired) electrons. The Hall–Kier alpha value is -1.42. The lowest BCUT2D eigenvalue weighted by atomic mass is 10.1. The van der Waals surface area contributed by atoms with Crippen LogP contribution in [0.2, 0.25) is 0 Å². The third-order valence-electron chi connectivity index (χ3n) is 2.27. The molecule has 2 rings (SSSR count). The standard InChI is InChI=1S/C11H8BrNO2/c1-6-3-2-4-7-8(6)5-9(11(14)15)13-10(7)12/h2-5H,1H3,(H,14,15). The number of aromatic nitrogens is 1. The van der Waals surface area contributed by atoms with Gasteiger partial charge in [-0.1, -0.05) is 18.2 Å². The first kappa shape index (κ1) is 10.1. The molecule has 0 fully saturated rings. The van der Waals surface area contributed by atoms with Gasteiger partial charge in [0.1, 0.15) is 10.3 Å². The predicted molar refractivity (Wildman–Crippen MR) is 61.1 cm³/mol. The zero-order chi connectivity index (χ0) is 11.0. The van der Waals surface area contributed by atoms with Gasteiger partial charge in [-0.25, -0.2) is 9.78 Å². The number of carbonyl (C=O) groups is 1. The summed E-state index contributed by atoms with van der Waals surface area (Å²) in [7, 11) is 0. The first-order valence-corrected chi connectivity index (χ1v) is 5.18. The number of halogens is 1. The van der Waals surface area contributed by atoms with Gasteiger partial charge in [-0.05, 0) is 39.9 Å². The van der Waals surface area contributed by atoms with E-state index in [1.54, 1.807) is 6.07 Å². The maximum absolute atomic E-state index is 10.8. The number of hydrogen-bond donors (Lipinski definition) is 1. The van der Waals surface area contributed by atoms with Gasteiger partial charge in [-0.3, -0.25) is 0 Å². The van der Waals surface area contributed by atoms with E-state index >= 15 is 0 Å². The van der Waals surface area contributed by atoms with E-state index in [1.807, 2.05) is 25.1 Å². The van der Waals surface area contributed by atoms with Crippen LogP contribution < -0.4 is 0 Å². The van der Waals surface area contributed by atoms with Gasteiger partial charge in [-0.15, -0.1) is 0 Å². The molecule has 0 saturated carbocycles. The molecule has 0 aliphatic heterocycles. The van der Waals surface area contributed by atoms with Crippen LogP contribution in [0.25, 0.3) is 10.8 Å². The Kier molecular flexibility index (Phi) is 2.44. The van der Waals surface area contributed by atoms with Crippen LogP contribution in [0, 0.1) is 6.92 Å². The lowest BCUT2D eigenvalue weighted by molar-refractivity contribution is 0.0690. The molecule has 0 aliphatic carbocycles. The minimum Gasteiger partial charge on any atom is -0.477 e. The van der Waals surface area contributed by atoms with Gasteiger partial charge < -0.3 is 5.11 Å². The summed E-state index contributed by atoms with van der Waals surface area (Å²) in [6, 6.07) is 7.37. The molecule has 0 aliphatic rings. The maximum atomic E-state index is 10.8. The quantitative estimate of drug-likeness (QED) is 0.807. The highest BCUT2D eigenvalue weighted by atomic mass is 79.9. The fourth-order valence-electron chi connectivity index (χ4n) is 1.50. The summed E-state index contributed by atoms with van der Waals surface area (Å²) in [5.41, 5.74) is 1.10. The van der Waals surface area contributed by atoms with Crippen LogP contribution in [0.3, 0.4) is 0 Å². The van der Waals surface area contributed by atoms with E-state index in [0.717, 1.165) is 16.3 Å². The highest BCUT2D eigenvalue weighted by molar-refractivity contribution is 9.10. The second-order valence-corrected chi connectivity index (χ2v) is 4.02. The summed E-state index contributed by atoms with van der Waals surface area (Å²) < 4.78 is 0.570. The Morgan fingerprint density at radius 1 is 1.40 bits per heavy atom. The molecule has 76 valence electrons. The summed E-state index contributed by atoms with van der Waals surface area (Å²) in [4.78, 5) is 14.8. The molecule has 4 heteroatoms. The molecule has 0 amide bonds. The molecule has 2 aromatic rings. The fourth-order valence-corrected chi connectivity index (χ4v) is 2.03. The molecule has 0 atom stereocenters. The van der Waals surface area contributed by atoms with Crippen LogP contribution in [0.1, 0.15) is 16.1 Å². The van der Waals surface area contributed by atoms with Crippen LogP contribution in [-0.2, 0) is 0 Å². The van der Waals surface area contributed by atoms with E-state index < -0.39 is 5.97 Å². The van der Waals surface area contributed by atoms with Gasteiger partial charge in [0.2, 0.25) is 0 Å². The van der Waals surface area contributed by atoms with Gasteiger partial charge in [0.05, 0.1) is 0 Å². The van der Waals surface area contributed by atoms with Crippen molar-refractivity contribution in [2.45, 2.75) is 6.92 Å². The van der Waals surface area contributed by atoms with Crippen LogP contribution in [0.5, 0.6) is 0 Å². The van der Waals surface area contributed by atoms with Crippen molar-refractivity contribution < 1.29 is 9.90 Å². The summed E-state index contributed by atoms with van der Waals surface area (Å²) in [5, 5.41) is 10.7. The summed E-state index contributed by atoms with van der Waals surface area (Å²) in [6.07, 6.45) is 0. The Balaban J connectivity index is 2.85. The lowest BCUT2D eigenvalue weighted by Gasteiger charge is -2.04. The SMILES string of the molecule is Cc1cccc2c(Br)nc(C(=O)O)cc12. The van der Waals surface area contributed by atoms with E-state index in [1.165, 1.54) is 0 Å². The number of aromatic carboxylic acids is 1. The van der Waals surface area contributed by atoms with E-state index in [0.29, 0.717) is 4.60 Å².